The lowest BCUT2D eigenvalue weighted by Crippen LogP contribution is -2.25. The maximum absolute atomic E-state index is 10.5. The van der Waals surface area contributed by atoms with Crippen molar-refractivity contribution in [2.75, 3.05) is 26.2 Å². The van der Waals surface area contributed by atoms with Gasteiger partial charge in [0.25, 0.3) is 0 Å². The first-order valence-corrected chi connectivity index (χ1v) is 6.89. The molecule has 0 saturated carbocycles. The van der Waals surface area contributed by atoms with Gasteiger partial charge in [-0.3, -0.25) is 9.69 Å². The van der Waals surface area contributed by atoms with Gasteiger partial charge in [-0.15, -0.1) is 0 Å². The van der Waals surface area contributed by atoms with Gasteiger partial charge in [-0.1, -0.05) is 0 Å². The van der Waals surface area contributed by atoms with E-state index in [1.807, 2.05) is 12.1 Å². The van der Waals surface area contributed by atoms with Crippen LogP contribution in [0.25, 0.3) is 0 Å². The minimum Gasteiger partial charge on any atom is -0.492 e. The van der Waals surface area contributed by atoms with Gasteiger partial charge >= 0.3 is 11.9 Å². The van der Waals surface area contributed by atoms with Crippen LogP contribution in [-0.4, -0.2) is 59.6 Å². The van der Waals surface area contributed by atoms with Crippen LogP contribution in [0.3, 0.4) is 0 Å². The first-order valence-electron chi connectivity index (χ1n) is 6.89. The zero-order valence-electron chi connectivity index (χ0n) is 12.1. The summed E-state index contributed by atoms with van der Waals surface area (Å²) in [6.45, 7) is 4.12. The number of aldehydes is 1. The highest BCUT2D eigenvalue weighted by Gasteiger charge is 2.10. The Kier molecular flexibility index (Phi) is 7.63. The summed E-state index contributed by atoms with van der Waals surface area (Å²) in [4.78, 5) is 31.1. The van der Waals surface area contributed by atoms with Crippen LogP contribution >= 0.6 is 0 Å². The number of aliphatic carboxylic acids is 2. The maximum atomic E-state index is 10.5. The molecule has 22 heavy (non-hydrogen) atoms. The number of carbonyl (C=O) groups excluding carboxylic acids is 1. The zero-order chi connectivity index (χ0) is 16.4. The van der Waals surface area contributed by atoms with Crippen LogP contribution in [0.2, 0.25) is 0 Å². The molecule has 1 aromatic carbocycles. The van der Waals surface area contributed by atoms with Crippen LogP contribution in [-0.2, 0) is 9.59 Å². The summed E-state index contributed by atoms with van der Waals surface area (Å²) in [6.07, 6.45) is 3.47. The Hall–Kier alpha value is -2.41. The maximum Gasteiger partial charge on any atom is 0.414 e. The Morgan fingerprint density at radius 2 is 1.64 bits per heavy atom. The van der Waals surface area contributed by atoms with Crippen molar-refractivity contribution in [3.63, 3.8) is 0 Å². The largest absolute Gasteiger partial charge is 0.492 e. The third kappa shape index (κ3) is 6.85. The molecule has 0 atom stereocenters. The van der Waals surface area contributed by atoms with Gasteiger partial charge in [0.2, 0.25) is 0 Å². The highest BCUT2D eigenvalue weighted by molar-refractivity contribution is 6.27. The van der Waals surface area contributed by atoms with Crippen molar-refractivity contribution in [2.45, 2.75) is 12.8 Å². The first kappa shape index (κ1) is 17.6. The molecule has 0 aromatic heterocycles. The van der Waals surface area contributed by atoms with E-state index in [4.69, 9.17) is 24.5 Å². The van der Waals surface area contributed by atoms with E-state index in [0.29, 0.717) is 5.56 Å². The second-order valence-electron chi connectivity index (χ2n) is 4.69. The van der Waals surface area contributed by atoms with E-state index in [1.54, 1.807) is 12.1 Å². The summed E-state index contributed by atoms with van der Waals surface area (Å²) in [5, 5.41) is 14.8. The third-order valence-electron chi connectivity index (χ3n) is 3.07. The Bertz CT molecular complexity index is 481. The van der Waals surface area contributed by atoms with Crippen LogP contribution < -0.4 is 4.74 Å². The van der Waals surface area contributed by atoms with E-state index in [1.165, 1.54) is 25.9 Å². The van der Waals surface area contributed by atoms with Gasteiger partial charge in [0.1, 0.15) is 18.6 Å². The molecule has 1 saturated heterocycles. The average Bonchev–Trinajstić information content (AvgIpc) is 3.02. The smallest absolute Gasteiger partial charge is 0.414 e. The van der Waals surface area contributed by atoms with E-state index in [0.717, 1.165) is 25.2 Å². The molecule has 0 spiro atoms. The van der Waals surface area contributed by atoms with Gasteiger partial charge in [0.15, 0.2) is 0 Å². The van der Waals surface area contributed by atoms with Crippen LogP contribution in [0.15, 0.2) is 24.3 Å². The van der Waals surface area contributed by atoms with Crippen molar-refractivity contribution < 1.29 is 29.3 Å². The van der Waals surface area contributed by atoms with E-state index in [2.05, 4.69) is 4.90 Å². The molecule has 0 amide bonds. The predicted octanol–water partition coefficient (Wildman–Crippen LogP) is 1.13. The number of hydrogen-bond acceptors (Lipinski definition) is 5. The number of carboxylic acid groups (broad SMARTS) is 2. The van der Waals surface area contributed by atoms with Gasteiger partial charge in [-0.05, 0) is 50.2 Å². The van der Waals surface area contributed by atoms with E-state index >= 15 is 0 Å². The molecule has 1 fully saturated rings. The summed E-state index contributed by atoms with van der Waals surface area (Å²) in [5.74, 6) is -2.81. The molecule has 1 heterocycles. The normalized spacial score (nSPS) is 13.8. The number of nitrogens with zero attached hydrogens (tertiary/aromatic N) is 1. The van der Waals surface area contributed by atoms with Crippen molar-refractivity contribution >= 4 is 18.2 Å². The number of benzene rings is 1. The topological polar surface area (TPSA) is 104 Å². The quantitative estimate of drug-likeness (QED) is 0.620. The van der Waals surface area contributed by atoms with Crippen molar-refractivity contribution in [2.24, 2.45) is 0 Å². The Labute approximate surface area is 128 Å². The molecule has 0 bridgehead atoms. The SMILES string of the molecule is O=C(O)C(=O)O.O=Cc1ccc(OCCN2CCCC2)cc1. The molecule has 0 radical (unpaired) electrons. The van der Waals surface area contributed by atoms with Crippen molar-refractivity contribution in [3.8, 4) is 5.75 Å². The molecule has 120 valence electrons. The van der Waals surface area contributed by atoms with Crippen LogP contribution in [0.1, 0.15) is 23.2 Å². The molecule has 2 N–H and O–H groups in total. The van der Waals surface area contributed by atoms with Crippen LogP contribution in [0, 0.1) is 0 Å². The standard InChI is InChI=1S/C13H17NO2.C2H2O4/c15-11-12-3-5-13(6-4-12)16-10-9-14-7-1-2-8-14;3-1(4)2(5)6/h3-6,11H,1-2,7-10H2;(H,3,4)(H,5,6). The number of carboxylic acids is 2. The number of hydrogen-bond donors (Lipinski definition) is 2. The Balaban J connectivity index is 0.000000346. The molecular weight excluding hydrogens is 290 g/mol. The van der Waals surface area contributed by atoms with Crippen molar-refractivity contribution in [3.05, 3.63) is 29.8 Å². The van der Waals surface area contributed by atoms with Gasteiger partial charge in [-0.25, -0.2) is 9.59 Å². The molecule has 1 aliphatic heterocycles. The average molecular weight is 309 g/mol. The second-order valence-corrected chi connectivity index (χ2v) is 4.69. The summed E-state index contributed by atoms with van der Waals surface area (Å²) in [5.41, 5.74) is 0.687. The van der Waals surface area contributed by atoms with Crippen molar-refractivity contribution in [1.82, 2.24) is 4.90 Å². The Morgan fingerprint density at radius 1 is 1.09 bits per heavy atom. The highest BCUT2D eigenvalue weighted by Crippen LogP contribution is 2.12. The van der Waals surface area contributed by atoms with E-state index in [9.17, 15) is 4.79 Å². The molecule has 2 rings (SSSR count). The number of likely N-dealkylation sites (tertiary alicyclic amines) is 1. The zero-order valence-corrected chi connectivity index (χ0v) is 12.1. The fourth-order valence-corrected chi connectivity index (χ4v) is 1.94. The second kappa shape index (κ2) is 9.51. The van der Waals surface area contributed by atoms with E-state index in [-0.39, 0.29) is 0 Å². The molecule has 7 heteroatoms. The predicted molar refractivity (Wildman–Crippen MR) is 78.3 cm³/mol. The van der Waals surface area contributed by atoms with E-state index < -0.39 is 11.9 Å². The lowest BCUT2D eigenvalue weighted by molar-refractivity contribution is -0.159. The fraction of sp³-hybridized carbons (Fsp3) is 0.400. The molecular formula is C15H19NO6. The van der Waals surface area contributed by atoms with Gasteiger partial charge in [-0.2, -0.15) is 0 Å². The van der Waals surface area contributed by atoms with Crippen molar-refractivity contribution in [1.29, 1.82) is 0 Å². The van der Waals surface area contributed by atoms with Crippen LogP contribution in [0.4, 0.5) is 0 Å². The van der Waals surface area contributed by atoms with Gasteiger partial charge < -0.3 is 14.9 Å². The summed E-state index contributed by atoms with van der Waals surface area (Å²) in [7, 11) is 0. The molecule has 1 aromatic rings. The molecule has 1 aliphatic rings. The third-order valence-corrected chi connectivity index (χ3v) is 3.07. The lowest BCUT2D eigenvalue weighted by atomic mass is 10.2. The lowest BCUT2D eigenvalue weighted by Gasteiger charge is -2.14. The number of ether oxygens (including phenoxy) is 1. The molecule has 0 aliphatic carbocycles. The summed E-state index contributed by atoms with van der Waals surface area (Å²) < 4.78 is 5.61. The van der Waals surface area contributed by atoms with Crippen LogP contribution in [0.5, 0.6) is 5.75 Å². The summed E-state index contributed by atoms with van der Waals surface area (Å²) in [6, 6.07) is 7.23. The molecule has 7 nitrogen and oxygen atoms in total. The van der Waals surface area contributed by atoms with Gasteiger partial charge in [0, 0.05) is 12.1 Å². The monoisotopic (exact) mass is 309 g/mol. The first-order chi connectivity index (χ1) is 10.5. The Morgan fingerprint density at radius 3 is 2.09 bits per heavy atom. The fourth-order valence-electron chi connectivity index (χ4n) is 1.94. The highest BCUT2D eigenvalue weighted by atomic mass is 16.5. The minimum atomic E-state index is -1.82. The number of rotatable bonds is 5. The minimum absolute atomic E-state index is 0.687. The number of carbonyl (C=O) groups is 3. The van der Waals surface area contributed by atoms with Gasteiger partial charge in [0.05, 0.1) is 0 Å². The summed E-state index contributed by atoms with van der Waals surface area (Å²) >= 11 is 0. The molecule has 0 unspecified atom stereocenters.